The molecule has 6 unspecified atom stereocenters. The third-order valence-corrected chi connectivity index (χ3v) is 12.2. The second kappa shape index (κ2) is 48.9. The Balaban J connectivity index is -0.000000111. The molecule has 1 aromatic rings. The van der Waals surface area contributed by atoms with E-state index in [9.17, 15) is 222 Å². The Bertz CT molecular complexity index is 3260. The molecule has 0 bridgehead atoms. The fraction of sp³-hybridized carbons (Fsp3) is 0.544. The molecule has 118 heavy (non-hydrogen) atoms. The molecular formula is C57H51BrClF44MgNNaO12+. The zero-order valence-electron chi connectivity index (χ0n) is 60.1. The first-order valence-electron chi connectivity index (χ1n) is 27.1. The predicted molar refractivity (Wildman–Crippen MR) is 305 cm³/mol. The summed E-state index contributed by atoms with van der Waals surface area (Å²) in [5.41, 5.74) is -27.0. The van der Waals surface area contributed by atoms with E-state index >= 15 is 0 Å². The number of rotatable bonds is 14. The average Bonchev–Trinajstić information content (AvgIpc) is 1.59. The Hall–Kier alpha value is -5.74. The maximum Gasteiger partial charge on any atom is 2.00 e. The van der Waals surface area contributed by atoms with Crippen LogP contribution in [0.25, 0.3) is 6.08 Å². The van der Waals surface area contributed by atoms with Crippen molar-refractivity contribution in [3.8, 4) is 6.07 Å². The third-order valence-electron chi connectivity index (χ3n) is 12.2. The van der Waals surface area contributed by atoms with E-state index in [2.05, 4.69) is 63.4 Å². The van der Waals surface area contributed by atoms with Crippen molar-refractivity contribution >= 4 is 69.6 Å². The van der Waals surface area contributed by atoms with Crippen LogP contribution in [0.5, 0.6) is 0 Å². The number of Topliss-reactive ketones (excluding diaryl/α,β-unsaturated/α-hetero) is 4. The van der Waals surface area contributed by atoms with Crippen LogP contribution in [0.4, 0.5) is 193 Å². The van der Waals surface area contributed by atoms with Gasteiger partial charge < -0.3 is 57.8 Å². The molecule has 3 rings (SSSR count). The largest absolute Gasteiger partial charge is 2.00 e. The first kappa shape index (κ1) is 136. The number of allylic oxidation sites excluding steroid dienone is 2. The average molecular weight is 1940 g/mol. The molecule has 0 aromatic heterocycles. The number of carbonyl (C=O) groups is 5. The SMILES string of the molecule is C=CC(OC)(C(F)(F)F)C(F)(F)C(C=C)(OC)C(F)(F)F.C=Cc1ccccc1.CC.CC#N.CCl.COC1(C(F)(F)F)C=CC(OC)(C(F)(F)F)C1(F)F.O=C(/C=C(\[O-])C(F)(F)F)C(F)(F)F.O=C(C(F)(F)F)C(F)(F)C(=O)C(F)(F)F.O=C(CC(=O)C(F)(F)F)C(F)(F)F.OC1(C(F)(F)F)C=CC(O)(C(F)(F)F)C1(F)F.[Br-].[CH-]=C.[H+].[Mg+2].[Na+]. The zero-order valence-corrected chi connectivity index (χ0v) is 64.9. The molecule has 1 aromatic carbocycles. The van der Waals surface area contributed by atoms with Crippen molar-refractivity contribution in [2.45, 2.75) is 159 Å². The molecule has 2 N–H and O–H groups in total. The van der Waals surface area contributed by atoms with E-state index in [1.54, 1.807) is 6.07 Å². The van der Waals surface area contributed by atoms with Gasteiger partial charge in [-0.05, 0) is 53.9 Å². The van der Waals surface area contributed by atoms with Crippen LogP contribution in [0.1, 0.15) is 34.2 Å². The molecule has 0 heterocycles. The van der Waals surface area contributed by atoms with Crippen LogP contribution in [0.15, 0.2) is 105 Å². The van der Waals surface area contributed by atoms with Crippen molar-refractivity contribution in [3.05, 3.63) is 117 Å². The van der Waals surface area contributed by atoms with Gasteiger partial charge in [-0.2, -0.15) is 198 Å². The Morgan fingerprint density at radius 3 is 0.881 bits per heavy atom. The fourth-order valence-electron chi connectivity index (χ4n) is 6.63. The minimum absolute atomic E-state index is 0. The number of halogens is 46. The summed E-state index contributed by atoms with van der Waals surface area (Å²) in [6.45, 7) is 21.1. The molecule has 0 fully saturated rings. The molecule has 61 heteroatoms. The number of nitrogens with zero attached hydrogens (tertiary/aromatic N) is 1. The molecule has 13 nitrogen and oxygen atoms in total. The predicted octanol–water partition coefficient (Wildman–Crippen LogP) is 12.3. The molecular weight excluding hydrogens is 1890 g/mol. The van der Waals surface area contributed by atoms with Crippen LogP contribution in [-0.4, -0.2) is 228 Å². The maximum absolute atomic E-state index is 14.2. The van der Waals surface area contributed by atoms with E-state index < -0.39 is 203 Å². The van der Waals surface area contributed by atoms with Gasteiger partial charge in [0.15, 0.2) is 0 Å². The van der Waals surface area contributed by atoms with Crippen LogP contribution >= 0.6 is 11.6 Å². The summed E-state index contributed by atoms with van der Waals surface area (Å²) in [5.74, 6) is -42.2. The summed E-state index contributed by atoms with van der Waals surface area (Å²) >= 11 is 4.64. The Morgan fingerprint density at radius 2 is 0.746 bits per heavy atom. The number of hydrogen-bond acceptors (Lipinski definition) is 13. The number of hydrogen-bond donors (Lipinski definition) is 2. The van der Waals surface area contributed by atoms with Crippen molar-refractivity contribution < 1.29 is 299 Å². The van der Waals surface area contributed by atoms with Gasteiger partial charge in [-0.15, -0.1) is 11.6 Å². The Morgan fingerprint density at radius 1 is 0.492 bits per heavy atom. The molecule has 0 amide bonds. The normalized spacial score (nSPS) is 20.0. The molecule has 0 spiro atoms. The van der Waals surface area contributed by atoms with Crippen LogP contribution in [0, 0.1) is 17.9 Å². The smallest absolute Gasteiger partial charge is 1.00 e. The quantitative estimate of drug-likeness (QED) is 0.0260. The van der Waals surface area contributed by atoms with Crippen molar-refractivity contribution in [3.63, 3.8) is 0 Å². The van der Waals surface area contributed by atoms with E-state index in [-0.39, 0.29) is 112 Å². The number of alkyl halides is 45. The second-order valence-electron chi connectivity index (χ2n) is 19.0. The Kier molecular flexibility index (Phi) is 56.2. The monoisotopic (exact) mass is 1940 g/mol. The number of carbonyl (C=O) groups excluding carboxylic acids is 5. The van der Waals surface area contributed by atoms with Gasteiger partial charge in [-0.1, -0.05) is 70.0 Å². The van der Waals surface area contributed by atoms with Gasteiger partial charge in [0.1, 0.15) is 0 Å². The van der Waals surface area contributed by atoms with E-state index in [0.717, 1.165) is 0 Å². The summed E-state index contributed by atoms with van der Waals surface area (Å²) in [6.07, 6.45) is -72.8. The molecule has 0 aliphatic heterocycles. The maximum atomic E-state index is 14.2. The number of methoxy groups -OCH3 is 4. The van der Waals surface area contributed by atoms with Crippen molar-refractivity contribution in [1.82, 2.24) is 0 Å². The zero-order chi connectivity index (χ0) is 95.5. The van der Waals surface area contributed by atoms with Gasteiger partial charge in [-0.25, -0.2) is 0 Å². The van der Waals surface area contributed by atoms with Crippen LogP contribution in [0.2, 0.25) is 0 Å². The standard InChI is InChI=1S/C11H12F8O2.C9H8F8O2.C8H8.C7H4F8O2.C5F8O2.2C5H2F6O2.C2H3N.C2H6.C2H3.CH3Cl.BrH.Mg.Na/c1-5-7(20-3,10(14,15)16)9(12,13)8(6-2,21-4)11(17,18)19;1-18-5(8(12,13)14)3-4-6(19-2,7(5,10)11)9(15,16)17;1-2-8-6-4-3-5-7-8;8-5(9)3(16,6(10,11)12)1-2-4(5,17)7(13,14)15;6-3(7,1(14)4(8,9)10)2(15)5(11,12)13;2*6-4(7,8)2(12)1-3(13)5(9,10)11;1-2-3;3*1-2;;;/h5-6H,1-2H2,3-4H3;3-4H,1-2H3;2-7H,1H2;1-2,16-17H;;1H2;1,12H;1H3;1-2H3;1H,2H2;1H3;1H;;/q;;;;;;;;;-1;;;+2;+1/p-1/b;;;;;;2-1-;;;;;;;. The van der Waals surface area contributed by atoms with E-state index in [0.29, 0.717) is 0 Å². The van der Waals surface area contributed by atoms with Crippen LogP contribution in [0.3, 0.4) is 0 Å². The summed E-state index contributed by atoms with van der Waals surface area (Å²) in [4.78, 5) is 49.1. The third kappa shape index (κ3) is 32.8. The Labute approximate surface area is 688 Å². The van der Waals surface area contributed by atoms with Gasteiger partial charge in [0.05, 0.1) is 12.5 Å². The van der Waals surface area contributed by atoms with Gasteiger partial charge in [-0.3, -0.25) is 30.6 Å². The van der Waals surface area contributed by atoms with E-state index in [1.165, 1.54) is 18.9 Å². The van der Waals surface area contributed by atoms with Crippen molar-refractivity contribution in [1.29, 1.82) is 5.26 Å². The van der Waals surface area contributed by atoms with E-state index in [4.69, 9.17) is 15.5 Å². The molecule has 0 saturated carbocycles. The fourth-order valence-corrected chi connectivity index (χ4v) is 6.63. The molecule has 2 aliphatic carbocycles. The first-order valence-corrected chi connectivity index (χ1v) is 27.8. The summed E-state index contributed by atoms with van der Waals surface area (Å²) in [7, 11) is 0.855. The number of benzene rings is 1. The molecule has 2 aliphatic rings. The molecule has 0 radical (unpaired) electrons. The summed E-state index contributed by atoms with van der Waals surface area (Å²) in [5, 5.41) is 34.4. The number of nitriles is 1. The van der Waals surface area contributed by atoms with Gasteiger partial charge in [0.2, 0.25) is 45.2 Å². The summed E-state index contributed by atoms with van der Waals surface area (Å²) < 4.78 is 551. The topological polar surface area (TPSA) is 210 Å². The number of ketones is 5. The van der Waals surface area contributed by atoms with Crippen molar-refractivity contribution in [2.75, 3.05) is 34.8 Å². The first-order chi connectivity index (χ1) is 50.5. The van der Waals surface area contributed by atoms with Gasteiger partial charge >= 0.3 is 163 Å². The molecule has 680 valence electrons. The van der Waals surface area contributed by atoms with E-state index in [1.807, 2.05) is 50.3 Å². The number of ether oxygens (including phenoxy) is 4. The minimum atomic E-state index is -6.22. The second-order valence-corrected chi connectivity index (χ2v) is 19.0. The minimum Gasteiger partial charge on any atom is -1.00 e. The molecule has 6 atom stereocenters. The van der Waals surface area contributed by atoms with Crippen LogP contribution in [-0.2, 0) is 42.9 Å². The van der Waals surface area contributed by atoms with Gasteiger partial charge in [0, 0.05) is 41.7 Å². The van der Waals surface area contributed by atoms with Gasteiger partial charge in [0.25, 0.3) is 5.78 Å². The summed E-state index contributed by atoms with van der Waals surface area (Å²) in [6, 6.07) is 11.8. The van der Waals surface area contributed by atoms with Crippen molar-refractivity contribution in [2.24, 2.45) is 0 Å². The van der Waals surface area contributed by atoms with Crippen LogP contribution < -0.4 is 51.6 Å². The molecule has 0 saturated heterocycles. The number of aliphatic hydroxyl groups is 2.